The van der Waals surface area contributed by atoms with Gasteiger partial charge in [-0.15, -0.1) is 0 Å². The highest BCUT2D eigenvalue weighted by molar-refractivity contribution is 9.12. The monoisotopic (exact) mass is 539 g/mol. The molecule has 1 aromatic heterocycles. The smallest absolute Gasteiger partial charge is 0.236 e. The summed E-state index contributed by atoms with van der Waals surface area (Å²) in [7, 11) is 5.23. The number of nitrogens with zero attached hydrogens (tertiary/aromatic N) is 4. The number of halogens is 3. The van der Waals surface area contributed by atoms with E-state index in [0.29, 0.717) is 58.8 Å². The van der Waals surface area contributed by atoms with Crippen molar-refractivity contribution in [3.05, 3.63) is 39.9 Å². The van der Waals surface area contributed by atoms with Crippen molar-refractivity contribution in [2.75, 3.05) is 46.2 Å². The number of rotatable bonds is 6. The molecular formula is C22H24BrClFN5O3. The molecule has 1 amide bonds. The molecule has 1 aliphatic carbocycles. The fourth-order valence-electron chi connectivity index (χ4n) is 3.86. The summed E-state index contributed by atoms with van der Waals surface area (Å²) >= 11 is 9.30. The van der Waals surface area contributed by atoms with Crippen LogP contribution in [0.2, 0.25) is 0 Å². The number of ether oxygens (including phenoxy) is 2. The Balaban J connectivity index is 1.58. The van der Waals surface area contributed by atoms with Gasteiger partial charge < -0.3 is 19.7 Å². The largest absolute Gasteiger partial charge is 0.493 e. The maximum Gasteiger partial charge on any atom is 0.236 e. The minimum Gasteiger partial charge on any atom is -0.493 e. The molecule has 8 nitrogen and oxygen atoms in total. The number of carbonyl (C=O) groups excluding carboxylic acids is 1. The Kier molecular flexibility index (Phi) is 7.06. The fraction of sp³-hybridized carbons (Fsp3) is 0.409. The number of carbonyl (C=O) groups is 1. The van der Waals surface area contributed by atoms with Crippen molar-refractivity contribution in [3.63, 3.8) is 0 Å². The van der Waals surface area contributed by atoms with E-state index in [1.165, 1.54) is 6.33 Å². The van der Waals surface area contributed by atoms with E-state index in [2.05, 4.69) is 31.2 Å². The highest BCUT2D eigenvalue weighted by atomic mass is 79.9. The summed E-state index contributed by atoms with van der Waals surface area (Å²) in [4.78, 5) is 24.4. The number of aromatic nitrogens is 2. The Bertz CT molecular complexity index is 1140. The van der Waals surface area contributed by atoms with Gasteiger partial charge in [0, 0.05) is 29.5 Å². The first-order valence-corrected chi connectivity index (χ1v) is 11.5. The molecule has 1 saturated heterocycles. The molecular weight excluding hydrogens is 517 g/mol. The molecule has 2 aliphatic rings. The van der Waals surface area contributed by atoms with Crippen molar-refractivity contribution in [1.82, 2.24) is 19.8 Å². The molecule has 1 N–H and O–H groups in total. The van der Waals surface area contributed by atoms with E-state index in [9.17, 15) is 9.18 Å². The number of allylic oxidation sites excluding steroid dienone is 2. The van der Waals surface area contributed by atoms with Crippen molar-refractivity contribution in [2.45, 2.75) is 18.5 Å². The molecule has 2 atom stereocenters. The predicted octanol–water partition coefficient (Wildman–Crippen LogP) is 3.67. The van der Waals surface area contributed by atoms with Crippen LogP contribution in [0.5, 0.6) is 11.5 Å². The molecule has 33 heavy (non-hydrogen) atoms. The Morgan fingerprint density at radius 3 is 2.85 bits per heavy atom. The van der Waals surface area contributed by atoms with Gasteiger partial charge in [0.05, 0.1) is 36.3 Å². The average molecular weight is 541 g/mol. The highest BCUT2D eigenvalue weighted by Gasteiger charge is 2.29. The third-order valence-electron chi connectivity index (χ3n) is 5.79. The molecule has 0 radical (unpaired) electrons. The second-order valence-corrected chi connectivity index (χ2v) is 9.29. The van der Waals surface area contributed by atoms with E-state index in [1.54, 1.807) is 31.2 Å². The van der Waals surface area contributed by atoms with Crippen LogP contribution < -0.4 is 14.8 Å². The normalized spacial score (nSPS) is 21.9. The average Bonchev–Trinajstić information content (AvgIpc) is 2.80. The summed E-state index contributed by atoms with van der Waals surface area (Å²) in [5.74, 6) is 1.04. The minimum absolute atomic E-state index is 0.0437. The van der Waals surface area contributed by atoms with E-state index < -0.39 is 11.9 Å². The van der Waals surface area contributed by atoms with Crippen LogP contribution in [0, 0.1) is 0 Å². The molecule has 1 unspecified atom stereocenters. The maximum absolute atomic E-state index is 14.6. The predicted molar refractivity (Wildman–Crippen MR) is 129 cm³/mol. The summed E-state index contributed by atoms with van der Waals surface area (Å²) in [6.45, 7) is 1.41. The number of piperazine rings is 1. The Labute approximate surface area is 204 Å². The van der Waals surface area contributed by atoms with Crippen LogP contribution in [0.1, 0.15) is 6.42 Å². The molecule has 2 heterocycles. The number of methoxy groups -OCH3 is 1. The Morgan fingerprint density at radius 2 is 2.09 bits per heavy atom. The molecule has 2 aromatic rings. The Morgan fingerprint density at radius 1 is 1.30 bits per heavy atom. The first-order valence-electron chi connectivity index (χ1n) is 10.4. The van der Waals surface area contributed by atoms with Gasteiger partial charge in [-0.05, 0) is 35.5 Å². The number of amides is 1. The topological polar surface area (TPSA) is 79.8 Å². The van der Waals surface area contributed by atoms with Crippen molar-refractivity contribution in [1.29, 1.82) is 0 Å². The van der Waals surface area contributed by atoms with Crippen LogP contribution in [-0.2, 0) is 4.79 Å². The number of likely N-dealkylation sites (N-methyl/N-ethyl adjacent to an activating group) is 2. The molecule has 0 saturated carbocycles. The van der Waals surface area contributed by atoms with Gasteiger partial charge in [0.15, 0.2) is 11.5 Å². The van der Waals surface area contributed by atoms with E-state index in [0.717, 1.165) is 0 Å². The van der Waals surface area contributed by atoms with Crippen molar-refractivity contribution >= 4 is 50.2 Å². The van der Waals surface area contributed by atoms with Crippen molar-refractivity contribution in [2.24, 2.45) is 0 Å². The van der Waals surface area contributed by atoms with Gasteiger partial charge in [0.25, 0.3) is 0 Å². The van der Waals surface area contributed by atoms with E-state index in [4.69, 9.17) is 21.1 Å². The molecule has 1 aromatic carbocycles. The lowest BCUT2D eigenvalue weighted by Gasteiger charge is -2.37. The quantitative estimate of drug-likeness (QED) is 0.599. The van der Waals surface area contributed by atoms with Gasteiger partial charge in [0.2, 0.25) is 5.91 Å². The van der Waals surface area contributed by atoms with Crippen LogP contribution in [0.25, 0.3) is 10.9 Å². The van der Waals surface area contributed by atoms with Crippen molar-refractivity contribution in [3.8, 4) is 11.5 Å². The van der Waals surface area contributed by atoms with Gasteiger partial charge in [0.1, 0.15) is 24.6 Å². The van der Waals surface area contributed by atoms with E-state index >= 15 is 0 Å². The first-order chi connectivity index (χ1) is 15.8. The number of anilines is 1. The SMILES string of the molecule is COc1cc2c(NC3CC=C(Br)C(Cl)=C3F)ncnc2cc1OC[C@@H]1CN(C)CC(=O)N1C. The summed E-state index contributed by atoms with van der Waals surface area (Å²) in [5.41, 5.74) is 0.608. The number of benzene rings is 1. The number of fused-ring (bicyclic) bond motifs is 1. The molecule has 0 bridgehead atoms. The van der Waals surface area contributed by atoms with Gasteiger partial charge in [-0.1, -0.05) is 17.7 Å². The zero-order chi connectivity index (χ0) is 23.7. The highest BCUT2D eigenvalue weighted by Crippen LogP contribution is 2.37. The summed E-state index contributed by atoms with van der Waals surface area (Å²) in [6.07, 6.45) is 3.62. The van der Waals surface area contributed by atoms with Crippen LogP contribution in [-0.4, -0.2) is 78.7 Å². The van der Waals surface area contributed by atoms with Crippen molar-refractivity contribution < 1.29 is 18.7 Å². The summed E-state index contributed by atoms with van der Waals surface area (Å²) in [5, 5.41) is 3.81. The summed E-state index contributed by atoms with van der Waals surface area (Å²) in [6, 6.07) is 2.78. The van der Waals surface area contributed by atoms with E-state index in [1.807, 2.05) is 18.0 Å². The maximum atomic E-state index is 14.6. The third-order valence-corrected chi connectivity index (χ3v) is 7.12. The number of hydrogen-bond donors (Lipinski definition) is 1. The Hall–Kier alpha value is -2.43. The lowest BCUT2D eigenvalue weighted by atomic mass is 10.1. The number of hydrogen-bond acceptors (Lipinski definition) is 7. The number of nitrogens with one attached hydrogen (secondary N) is 1. The fourth-order valence-corrected chi connectivity index (χ4v) is 4.45. The zero-order valence-electron chi connectivity index (χ0n) is 18.4. The third kappa shape index (κ3) is 4.92. The van der Waals surface area contributed by atoms with Gasteiger partial charge in [-0.25, -0.2) is 14.4 Å². The lowest BCUT2D eigenvalue weighted by molar-refractivity contribution is -0.138. The summed E-state index contributed by atoms with van der Waals surface area (Å²) < 4.78 is 26.8. The van der Waals surface area contributed by atoms with Crippen LogP contribution in [0.4, 0.5) is 10.2 Å². The van der Waals surface area contributed by atoms with Gasteiger partial charge in [-0.2, -0.15) is 0 Å². The molecule has 11 heteroatoms. The second-order valence-electron chi connectivity index (χ2n) is 8.06. The molecule has 1 fully saturated rings. The molecule has 176 valence electrons. The zero-order valence-corrected chi connectivity index (χ0v) is 20.8. The molecule has 4 rings (SSSR count). The first kappa shape index (κ1) is 23.7. The molecule has 0 spiro atoms. The van der Waals surface area contributed by atoms with Gasteiger partial charge in [-0.3, -0.25) is 9.69 Å². The van der Waals surface area contributed by atoms with Crippen LogP contribution in [0.15, 0.2) is 39.9 Å². The lowest BCUT2D eigenvalue weighted by Crippen LogP contribution is -2.55. The minimum atomic E-state index is -0.643. The van der Waals surface area contributed by atoms with Gasteiger partial charge >= 0.3 is 0 Å². The van der Waals surface area contributed by atoms with E-state index in [-0.39, 0.29) is 17.0 Å². The van der Waals surface area contributed by atoms with Crippen LogP contribution in [0.3, 0.4) is 0 Å². The molecule has 1 aliphatic heterocycles. The van der Waals surface area contributed by atoms with Crippen LogP contribution >= 0.6 is 27.5 Å². The standard InChI is InChI=1S/C22H24BrClFN5O3/c1-29-8-12(30(2)19(31)9-29)10-33-18-7-16-13(6-17(18)32-3)22(27-11-26-16)28-15-5-4-14(23)20(24)21(15)25/h4,6-7,11-12,15H,5,8-10H2,1-3H3,(H,26,27,28)/t12-,15?/m0/s1. The second kappa shape index (κ2) is 9.82.